The van der Waals surface area contributed by atoms with Crippen molar-refractivity contribution in [2.45, 2.75) is 38.8 Å². The third-order valence-electron chi connectivity index (χ3n) is 6.47. The number of anilines is 2. The molecule has 0 bridgehead atoms. The van der Waals surface area contributed by atoms with E-state index < -0.39 is 0 Å². The molecule has 1 aliphatic rings. The quantitative estimate of drug-likeness (QED) is 0.448. The van der Waals surface area contributed by atoms with Crippen LogP contribution in [0.3, 0.4) is 0 Å². The summed E-state index contributed by atoms with van der Waals surface area (Å²) in [5, 5.41) is 0. The van der Waals surface area contributed by atoms with Crippen LogP contribution in [0.5, 0.6) is 0 Å². The number of fused-ring (bicyclic) bond motifs is 1. The number of imidazole rings is 1. The predicted octanol–water partition coefficient (Wildman–Crippen LogP) is 4.19. The van der Waals surface area contributed by atoms with Crippen molar-refractivity contribution in [3.63, 3.8) is 0 Å². The Labute approximate surface area is 197 Å². The second kappa shape index (κ2) is 9.67. The minimum Gasteiger partial charge on any atom is -0.342 e. The summed E-state index contributed by atoms with van der Waals surface area (Å²) in [5.41, 5.74) is 2.94. The van der Waals surface area contributed by atoms with Crippen molar-refractivity contribution >= 4 is 22.9 Å². The molecule has 4 aromatic rings. The number of benzene rings is 2. The van der Waals surface area contributed by atoms with Crippen LogP contribution in [0.15, 0.2) is 65.6 Å². The zero-order valence-corrected chi connectivity index (χ0v) is 19.3. The van der Waals surface area contributed by atoms with Gasteiger partial charge in [-0.2, -0.15) is 0 Å². The largest absolute Gasteiger partial charge is 0.342 e. The summed E-state index contributed by atoms with van der Waals surface area (Å²) in [5.74, 6) is 1.36. The van der Waals surface area contributed by atoms with Gasteiger partial charge in [-0.25, -0.2) is 14.4 Å². The van der Waals surface area contributed by atoms with Crippen LogP contribution in [-0.2, 0) is 6.54 Å². The number of piperidine rings is 1. The van der Waals surface area contributed by atoms with Crippen LogP contribution in [0.25, 0.3) is 11.0 Å². The monoisotopic (exact) mass is 460 g/mol. The van der Waals surface area contributed by atoms with Gasteiger partial charge in [0, 0.05) is 37.9 Å². The van der Waals surface area contributed by atoms with Gasteiger partial charge in [-0.1, -0.05) is 31.2 Å². The number of para-hydroxylation sites is 2. The molecule has 3 heterocycles. The molecule has 2 aromatic heterocycles. The van der Waals surface area contributed by atoms with Crippen molar-refractivity contribution in [2.75, 3.05) is 29.4 Å². The molecule has 0 saturated carbocycles. The summed E-state index contributed by atoms with van der Waals surface area (Å²) in [6.07, 6.45) is 4.44. The highest BCUT2D eigenvalue weighted by molar-refractivity contribution is 5.79. The summed E-state index contributed by atoms with van der Waals surface area (Å²) < 4.78 is 15.7. The Morgan fingerprint density at radius 3 is 2.59 bits per heavy atom. The topological polar surface area (TPSA) is 70.1 Å². The van der Waals surface area contributed by atoms with Crippen LogP contribution in [0.1, 0.15) is 31.7 Å². The van der Waals surface area contributed by atoms with Crippen molar-refractivity contribution in [1.82, 2.24) is 19.5 Å². The average Bonchev–Trinajstić information content (AvgIpc) is 3.22. The summed E-state index contributed by atoms with van der Waals surface area (Å²) in [6.45, 7) is 5.33. The molecule has 1 aliphatic heterocycles. The molecule has 7 nitrogen and oxygen atoms in total. The zero-order chi connectivity index (χ0) is 23.5. The fourth-order valence-corrected chi connectivity index (χ4v) is 4.82. The van der Waals surface area contributed by atoms with Gasteiger partial charge in [-0.15, -0.1) is 0 Å². The van der Waals surface area contributed by atoms with Crippen molar-refractivity contribution in [2.24, 2.45) is 0 Å². The minimum absolute atomic E-state index is 0.127. The van der Waals surface area contributed by atoms with Gasteiger partial charge in [0.05, 0.1) is 17.6 Å². The highest BCUT2D eigenvalue weighted by atomic mass is 19.1. The normalized spacial score (nSPS) is 14.6. The van der Waals surface area contributed by atoms with Crippen LogP contribution >= 0.6 is 0 Å². The first-order chi connectivity index (χ1) is 16.6. The fourth-order valence-electron chi connectivity index (χ4n) is 4.82. The van der Waals surface area contributed by atoms with E-state index in [-0.39, 0.29) is 11.4 Å². The Kier molecular flexibility index (Phi) is 6.29. The lowest BCUT2D eigenvalue weighted by Gasteiger charge is -2.39. The number of hydrogen-bond acceptors (Lipinski definition) is 5. The molecule has 2 aromatic carbocycles. The third-order valence-corrected chi connectivity index (χ3v) is 6.47. The summed E-state index contributed by atoms with van der Waals surface area (Å²) in [7, 11) is 0. The van der Waals surface area contributed by atoms with Crippen molar-refractivity contribution in [1.29, 1.82) is 0 Å². The molecular weight excluding hydrogens is 431 g/mol. The molecule has 0 radical (unpaired) electrons. The maximum atomic E-state index is 13.4. The van der Waals surface area contributed by atoms with Gasteiger partial charge in [0.2, 0.25) is 11.9 Å². The molecule has 5 rings (SSSR count). The van der Waals surface area contributed by atoms with Crippen LogP contribution in [0.2, 0.25) is 0 Å². The molecule has 0 amide bonds. The Morgan fingerprint density at radius 2 is 1.85 bits per heavy atom. The van der Waals surface area contributed by atoms with E-state index in [0.29, 0.717) is 18.5 Å². The van der Waals surface area contributed by atoms with E-state index in [0.717, 1.165) is 61.4 Å². The molecular formula is C26H29FN6O. The van der Waals surface area contributed by atoms with Gasteiger partial charge in [-0.3, -0.25) is 9.78 Å². The molecule has 176 valence electrons. The molecule has 1 N–H and O–H groups in total. The zero-order valence-electron chi connectivity index (χ0n) is 19.3. The highest BCUT2D eigenvalue weighted by Gasteiger charge is 2.28. The standard InChI is InChI=1S/C26H29FN6O/c1-2-15-32(25-28-14-11-24(34)30-25)21-12-16-31(17-13-21)26-29-22-5-3-4-6-23(22)33(26)18-19-7-9-20(27)10-8-19/h3-11,14,21H,2,12-13,15-18H2,1H3,(H,28,30,34). The number of aromatic amines is 1. The number of halogens is 1. The summed E-state index contributed by atoms with van der Waals surface area (Å²) >= 11 is 0. The number of nitrogens with one attached hydrogen (secondary N) is 1. The van der Waals surface area contributed by atoms with E-state index in [2.05, 4.69) is 37.3 Å². The van der Waals surface area contributed by atoms with E-state index in [1.54, 1.807) is 6.20 Å². The molecule has 0 aliphatic carbocycles. The lowest BCUT2D eigenvalue weighted by atomic mass is 10.0. The first kappa shape index (κ1) is 22.1. The van der Waals surface area contributed by atoms with Crippen LogP contribution in [-0.4, -0.2) is 45.2 Å². The van der Waals surface area contributed by atoms with Gasteiger partial charge in [-0.05, 0) is 49.1 Å². The SMILES string of the molecule is CCCN(c1nccc(=O)[nH]1)C1CCN(c2nc3ccccc3n2Cc2ccc(F)cc2)CC1. The van der Waals surface area contributed by atoms with E-state index in [9.17, 15) is 9.18 Å². The number of hydrogen-bond donors (Lipinski definition) is 1. The molecule has 0 atom stereocenters. The second-order valence-corrected chi connectivity index (χ2v) is 8.78. The Morgan fingerprint density at radius 1 is 1.09 bits per heavy atom. The van der Waals surface area contributed by atoms with Crippen LogP contribution < -0.4 is 15.4 Å². The van der Waals surface area contributed by atoms with Crippen molar-refractivity contribution in [3.05, 3.63) is 82.5 Å². The smallest absolute Gasteiger partial charge is 0.252 e. The lowest BCUT2D eigenvalue weighted by Crippen LogP contribution is -2.47. The highest BCUT2D eigenvalue weighted by Crippen LogP contribution is 2.28. The van der Waals surface area contributed by atoms with Crippen LogP contribution in [0.4, 0.5) is 16.3 Å². The van der Waals surface area contributed by atoms with Crippen molar-refractivity contribution in [3.8, 4) is 0 Å². The number of H-pyrrole nitrogens is 1. The Balaban J connectivity index is 1.39. The molecule has 8 heteroatoms. The van der Waals surface area contributed by atoms with E-state index in [1.165, 1.54) is 18.2 Å². The van der Waals surface area contributed by atoms with E-state index in [1.807, 2.05) is 30.3 Å². The van der Waals surface area contributed by atoms with E-state index >= 15 is 0 Å². The third kappa shape index (κ3) is 4.53. The Bertz CT molecular complexity index is 1310. The van der Waals surface area contributed by atoms with Gasteiger partial charge in [0.1, 0.15) is 5.82 Å². The summed E-state index contributed by atoms with van der Waals surface area (Å²) in [4.78, 5) is 28.7. The van der Waals surface area contributed by atoms with Gasteiger partial charge in [0.15, 0.2) is 0 Å². The minimum atomic E-state index is -0.229. The van der Waals surface area contributed by atoms with E-state index in [4.69, 9.17) is 4.98 Å². The second-order valence-electron chi connectivity index (χ2n) is 8.78. The number of rotatable bonds is 7. The predicted molar refractivity (Wildman–Crippen MR) is 133 cm³/mol. The van der Waals surface area contributed by atoms with Crippen LogP contribution in [0, 0.1) is 5.82 Å². The lowest BCUT2D eigenvalue weighted by molar-refractivity contribution is 0.451. The summed E-state index contributed by atoms with van der Waals surface area (Å²) in [6, 6.07) is 16.6. The Hall–Kier alpha value is -3.68. The van der Waals surface area contributed by atoms with Gasteiger partial charge < -0.3 is 14.4 Å². The molecule has 1 fully saturated rings. The maximum absolute atomic E-state index is 13.4. The number of aromatic nitrogens is 4. The first-order valence-corrected chi connectivity index (χ1v) is 11.9. The van der Waals surface area contributed by atoms with Crippen molar-refractivity contribution < 1.29 is 4.39 Å². The molecule has 0 spiro atoms. The maximum Gasteiger partial charge on any atom is 0.252 e. The average molecular weight is 461 g/mol. The first-order valence-electron chi connectivity index (χ1n) is 11.9. The molecule has 0 unspecified atom stereocenters. The molecule has 1 saturated heterocycles. The molecule has 34 heavy (non-hydrogen) atoms. The number of nitrogens with zero attached hydrogens (tertiary/aromatic N) is 5. The van der Waals surface area contributed by atoms with Gasteiger partial charge in [0.25, 0.3) is 5.56 Å². The van der Waals surface area contributed by atoms with Gasteiger partial charge >= 0.3 is 0 Å². The fraction of sp³-hybridized carbons (Fsp3) is 0.346.